The molecule has 0 atom stereocenters. The van der Waals surface area contributed by atoms with Crippen molar-refractivity contribution in [3.8, 4) is 11.5 Å². The quantitative estimate of drug-likeness (QED) is 0.769. The second-order valence-electron chi connectivity index (χ2n) is 3.80. The van der Waals surface area contributed by atoms with Gasteiger partial charge < -0.3 is 14.8 Å². The van der Waals surface area contributed by atoms with E-state index < -0.39 is 0 Å². The molecule has 1 amide bonds. The van der Waals surface area contributed by atoms with Crippen LogP contribution in [0.4, 0.5) is 0 Å². The third-order valence-corrected chi connectivity index (χ3v) is 2.35. The molecule has 0 aromatic heterocycles. The highest BCUT2D eigenvalue weighted by atomic mass is 16.5. The first-order valence-electron chi connectivity index (χ1n) is 6.56. The normalized spacial score (nSPS) is 10.5. The fourth-order valence-corrected chi connectivity index (χ4v) is 1.58. The number of likely N-dealkylation sites (N-methyl/N-ethyl adjacent to an activating group) is 1. The first-order valence-corrected chi connectivity index (χ1v) is 6.56. The van der Waals surface area contributed by atoms with Crippen LogP contribution in [0.15, 0.2) is 24.3 Å². The zero-order valence-corrected chi connectivity index (χ0v) is 11.7. The van der Waals surface area contributed by atoms with E-state index >= 15 is 0 Å². The number of ether oxygens (including phenoxy) is 2. The Morgan fingerprint density at radius 1 is 1.16 bits per heavy atom. The summed E-state index contributed by atoms with van der Waals surface area (Å²) >= 11 is 0. The van der Waals surface area contributed by atoms with E-state index in [0.717, 1.165) is 11.3 Å². The first-order chi connectivity index (χ1) is 9.21. The molecule has 0 bridgehead atoms. The number of benzene rings is 1. The maximum absolute atomic E-state index is 11.3. The highest BCUT2D eigenvalue weighted by molar-refractivity contribution is 5.91. The molecule has 0 aliphatic carbocycles. The summed E-state index contributed by atoms with van der Waals surface area (Å²) in [5.41, 5.74) is 0.901. The van der Waals surface area contributed by atoms with Crippen LogP contribution in [-0.4, -0.2) is 25.7 Å². The predicted octanol–water partition coefficient (Wildman–Crippen LogP) is 2.63. The third-order valence-electron chi connectivity index (χ3n) is 2.35. The molecule has 1 rings (SSSR count). The van der Waals surface area contributed by atoms with Gasteiger partial charge in [-0.05, 0) is 44.5 Å². The fraction of sp³-hybridized carbons (Fsp3) is 0.400. The molecule has 1 aromatic rings. The Bertz CT molecular complexity index is 441. The van der Waals surface area contributed by atoms with Crippen molar-refractivity contribution in [2.24, 2.45) is 0 Å². The Morgan fingerprint density at radius 2 is 1.84 bits per heavy atom. The number of rotatable bonds is 7. The van der Waals surface area contributed by atoms with Crippen molar-refractivity contribution in [2.75, 3.05) is 19.8 Å². The van der Waals surface area contributed by atoms with E-state index in [0.29, 0.717) is 25.5 Å². The summed E-state index contributed by atoms with van der Waals surface area (Å²) in [6.45, 7) is 7.52. The Labute approximate surface area is 114 Å². The number of amides is 1. The minimum Gasteiger partial charge on any atom is -0.490 e. The third kappa shape index (κ3) is 5.04. The smallest absolute Gasteiger partial charge is 0.243 e. The predicted molar refractivity (Wildman–Crippen MR) is 76.5 cm³/mol. The van der Waals surface area contributed by atoms with Gasteiger partial charge in [0.25, 0.3) is 0 Å². The van der Waals surface area contributed by atoms with Crippen molar-refractivity contribution in [1.82, 2.24) is 5.32 Å². The Morgan fingerprint density at radius 3 is 2.47 bits per heavy atom. The number of carbonyl (C=O) groups is 1. The van der Waals surface area contributed by atoms with Gasteiger partial charge >= 0.3 is 0 Å². The second kappa shape index (κ2) is 8.19. The molecular weight excluding hydrogens is 242 g/mol. The molecular formula is C15H21NO3. The Balaban J connectivity index is 2.85. The van der Waals surface area contributed by atoms with Crippen LogP contribution in [0.5, 0.6) is 11.5 Å². The van der Waals surface area contributed by atoms with E-state index in [2.05, 4.69) is 5.32 Å². The minimum absolute atomic E-state index is 0.102. The van der Waals surface area contributed by atoms with Gasteiger partial charge in [0, 0.05) is 12.6 Å². The maximum Gasteiger partial charge on any atom is 0.243 e. The Kier molecular flexibility index (Phi) is 6.50. The minimum atomic E-state index is -0.102. The molecule has 1 N–H and O–H groups in total. The highest BCUT2D eigenvalue weighted by Gasteiger charge is 2.04. The van der Waals surface area contributed by atoms with Gasteiger partial charge in [0.05, 0.1) is 13.2 Å². The number of carbonyl (C=O) groups excluding carboxylic acids is 1. The van der Waals surface area contributed by atoms with Crippen LogP contribution in [0.2, 0.25) is 0 Å². The van der Waals surface area contributed by atoms with Gasteiger partial charge in [-0.1, -0.05) is 6.07 Å². The van der Waals surface area contributed by atoms with E-state index in [4.69, 9.17) is 9.47 Å². The zero-order valence-electron chi connectivity index (χ0n) is 11.7. The summed E-state index contributed by atoms with van der Waals surface area (Å²) in [5.74, 6) is 1.32. The van der Waals surface area contributed by atoms with Crippen LogP contribution in [-0.2, 0) is 4.79 Å². The van der Waals surface area contributed by atoms with Gasteiger partial charge in [0.2, 0.25) is 5.91 Å². The first kappa shape index (κ1) is 15.1. The van der Waals surface area contributed by atoms with E-state index in [-0.39, 0.29) is 5.91 Å². The molecule has 4 nitrogen and oxygen atoms in total. The molecule has 19 heavy (non-hydrogen) atoms. The van der Waals surface area contributed by atoms with Crippen LogP contribution >= 0.6 is 0 Å². The summed E-state index contributed by atoms with van der Waals surface area (Å²) < 4.78 is 11.0. The summed E-state index contributed by atoms with van der Waals surface area (Å²) in [4.78, 5) is 11.3. The van der Waals surface area contributed by atoms with Crippen LogP contribution in [0.3, 0.4) is 0 Å². The van der Waals surface area contributed by atoms with Gasteiger partial charge in [-0.25, -0.2) is 0 Å². The van der Waals surface area contributed by atoms with E-state index in [1.165, 1.54) is 6.08 Å². The monoisotopic (exact) mass is 263 g/mol. The molecule has 0 fully saturated rings. The average molecular weight is 263 g/mol. The molecule has 0 heterocycles. The van der Waals surface area contributed by atoms with Crippen molar-refractivity contribution < 1.29 is 14.3 Å². The van der Waals surface area contributed by atoms with E-state index in [9.17, 15) is 4.79 Å². The van der Waals surface area contributed by atoms with Crippen molar-refractivity contribution >= 4 is 12.0 Å². The number of hydrogen-bond acceptors (Lipinski definition) is 3. The van der Waals surface area contributed by atoms with E-state index in [1.807, 2.05) is 39.0 Å². The zero-order chi connectivity index (χ0) is 14.1. The lowest BCUT2D eigenvalue weighted by molar-refractivity contribution is -0.116. The molecule has 0 saturated carbocycles. The standard InChI is InChI=1S/C15H21NO3/c1-4-16-15(17)10-8-12-7-9-13(18-5-2)14(11-12)19-6-3/h7-11H,4-6H2,1-3H3,(H,16,17)/b10-8+. The SMILES string of the molecule is CCNC(=O)/C=C/c1ccc(OCC)c(OCC)c1. The topological polar surface area (TPSA) is 47.6 Å². The van der Waals surface area contributed by atoms with Gasteiger partial charge in [0.15, 0.2) is 11.5 Å². The second-order valence-corrected chi connectivity index (χ2v) is 3.80. The molecule has 4 heteroatoms. The van der Waals surface area contributed by atoms with Gasteiger partial charge in [-0.2, -0.15) is 0 Å². The summed E-state index contributed by atoms with van der Waals surface area (Å²) in [6.07, 6.45) is 3.26. The lowest BCUT2D eigenvalue weighted by Gasteiger charge is -2.11. The van der Waals surface area contributed by atoms with Crippen molar-refractivity contribution in [3.63, 3.8) is 0 Å². The number of nitrogens with one attached hydrogen (secondary N) is 1. The molecule has 1 aromatic carbocycles. The maximum atomic E-state index is 11.3. The highest BCUT2D eigenvalue weighted by Crippen LogP contribution is 2.28. The van der Waals surface area contributed by atoms with Crippen molar-refractivity contribution in [2.45, 2.75) is 20.8 Å². The molecule has 0 aliphatic heterocycles. The van der Waals surface area contributed by atoms with Crippen LogP contribution in [0.1, 0.15) is 26.3 Å². The lowest BCUT2D eigenvalue weighted by atomic mass is 10.2. The van der Waals surface area contributed by atoms with Gasteiger partial charge in [-0.15, -0.1) is 0 Å². The fourth-order valence-electron chi connectivity index (χ4n) is 1.58. The van der Waals surface area contributed by atoms with Crippen molar-refractivity contribution in [3.05, 3.63) is 29.8 Å². The van der Waals surface area contributed by atoms with Crippen LogP contribution < -0.4 is 14.8 Å². The molecule has 0 radical (unpaired) electrons. The molecule has 104 valence electrons. The van der Waals surface area contributed by atoms with Gasteiger partial charge in [-0.3, -0.25) is 4.79 Å². The summed E-state index contributed by atoms with van der Waals surface area (Å²) in [5, 5.41) is 2.71. The molecule has 0 saturated heterocycles. The molecule has 0 spiro atoms. The number of hydrogen-bond donors (Lipinski definition) is 1. The van der Waals surface area contributed by atoms with Gasteiger partial charge in [0.1, 0.15) is 0 Å². The summed E-state index contributed by atoms with van der Waals surface area (Å²) in [7, 11) is 0. The Hall–Kier alpha value is -1.97. The lowest BCUT2D eigenvalue weighted by Crippen LogP contribution is -2.19. The largest absolute Gasteiger partial charge is 0.490 e. The van der Waals surface area contributed by atoms with E-state index in [1.54, 1.807) is 6.08 Å². The molecule has 0 aliphatic rings. The van der Waals surface area contributed by atoms with Crippen LogP contribution in [0, 0.1) is 0 Å². The molecule has 0 unspecified atom stereocenters. The van der Waals surface area contributed by atoms with Crippen molar-refractivity contribution in [1.29, 1.82) is 0 Å². The van der Waals surface area contributed by atoms with Crippen LogP contribution in [0.25, 0.3) is 6.08 Å². The average Bonchev–Trinajstić information content (AvgIpc) is 2.40. The summed E-state index contributed by atoms with van der Waals surface area (Å²) in [6, 6.07) is 5.61.